The summed E-state index contributed by atoms with van der Waals surface area (Å²) in [6.45, 7) is 1.78. The number of nitrogens with zero attached hydrogens (tertiary/aromatic N) is 3. The van der Waals surface area contributed by atoms with Gasteiger partial charge in [-0.1, -0.05) is 45.9 Å². The number of thioether (sulfide) groups is 1. The average molecular weight is 560 g/mol. The minimum Gasteiger partial charge on any atom is -0.325 e. The van der Waals surface area contributed by atoms with Crippen LogP contribution in [0.5, 0.6) is 0 Å². The first-order chi connectivity index (χ1) is 17.5. The van der Waals surface area contributed by atoms with Gasteiger partial charge in [0.25, 0.3) is 0 Å². The summed E-state index contributed by atoms with van der Waals surface area (Å²) in [7, 11) is 0. The molecule has 2 N–H and O–H groups in total. The lowest BCUT2D eigenvalue weighted by molar-refractivity contribution is -0.118. The van der Waals surface area contributed by atoms with Gasteiger partial charge in [0.05, 0.1) is 23.3 Å². The number of nitriles is 1. The molecule has 0 saturated heterocycles. The number of rotatable bonds is 7. The smallest absolute Gasteiger partial charge is 0.234 e. The van der Waals surface area contributed by atoms with Gasteiger partial charge >= 0.3 is 0 Å². The van der Waals surface area contributed by atoms with Crippen molar-refractivity contribution in [3.8, 4) is 6.07 Å². The van der Waals surface area contributed by atoms with Gasteiger partial charge in [0.15, 0.2) is 0 Å². The van der Waals surface area contributed by atoms with Crippen LogP contribution < -0.4 is 10.6 Å². The van der Waals surface area contributed by atoms with E-state index < -0.39 is 11.8 Å². The number of aromatic nitrogens is 1. The molecule has 3 aromatic rings. The maximum atomic E-state index is 13.4. The Bertz CT molecular complexity index is 1350. The lowest BCUT2D eigenvalue weighted by atomic mass is 9.77. The molecule has 2 atom stereocenters. The highest BCUT2D eigenvalue weighted by molar-refractivity contribution is 9.10. The van der Waals surface area contributed by atoms with Crippen LogP contribution in [0.15, 0.2) is 99.2 Å². The third kappa shape index (κ3) is 6.08. The lowest BCUT2D eigenvalue weighted by Crippen LogP contribution is -2.36. The molecule has 1 aliphatic heterocycles. The highest BCUT2D eigenvalue weighted by Gasteiger charge is 2.39. The van der Waals surface area contributed by atoms with E-state index in [4.69, 9.17) is 0 Å². The number of hydrogen-bond acceptors (Lipinski definition) is 6. The second-order valence-electron chi connectivity index (χ2n) is 8.02. The second-order valence-corrected chi connectivity index (χ2v) is 9.90. The van der Waals surface area contributed by atoms with Crippen LogP contribution in [-0.2, 0) is 9.59 Å². The number of allylic oxidation sites excluding steroid dienone is 1. The summed E-state index contributed by atoms with van der Waals surface area (Å²) in [6.07, 6.45) is 3.27. The summed E-state index contributed by atoms with van der Waals surface area (Å²) < 4.78 is 0.915. The van der Waals surface area contributed by atoms with Gasteiger partial charge in [-0.3, -0.25) is 14.6 Å². The number of carbonyl (C=O) groups excluding carboxylic acids is 2. The molecule has 2 aromatic carbocycles. The first-order valence-electron chi connectivity index (χ1n) is 11.1. The third-order valence-electron chi connectivity index (χ3n) is 5.58. The largest absolute Gasteiger partial charge is 0.325 e. The topological polar surface area (TPSA) is 107 Å². The minimum absolute atomic E-state index is 0.0668. The van der Waals surface area contributed by atoms with Crippen molar-refractivity contribution in [2.24, 2.45) is 10.9 Å². The molecule has 0 saturated carbocycles. The van der Waals surface area contributed by atoms with E-state index in [0.29, 0.717) is 27.7 Å². The molecule has 2 amide bonds. The van der Waals surface area contributed by atoms with Crippen LogP contribution in [0.1, 0.15) is 18.4 Å². The molecule has 2 heterocycles. The Kier molecular flexibility index (Phi) is 8.31. The molecule has 1 unspecified atom stereocenters. The molecular formula is C27H22BrN5O2S. The Morgan fingerprint density at radius 2 is 1.67 bits per heavy atom. The molecule has 0 spiro atoms. The molecule has 1 aliphatic rings. The monoisotopic (exact) mass is 559 g/mol. The Hall–Kier alpha value is -3.74. The Labute approximate surface area is 221 Å². The molecule has 0 fully saturated rings. The standard InChI is InChI=1S/C27H22BrN5O2S/c1-17-24(26(35)33-20-5-3-2-4-6-20)25(18-11-13-30-14-12-18)22(15-29)27(31-17)36-16-23(34)32-21-9-7-19(28)8-10-21/h2-14,24-25H,16H2,1H3,(H,32,34)(H,33,35)/t24?,25-/m1/s1. The van der Waals surface area contributed by atoms with Crippen LogP contribution in [0.2, 0.25) is 0 Å². The Balaban J connectivity index is 1.60. The molecular weight excluding hydrogens is 538 g/mol. The lowest BCUT2D eigenvalue weighted by Gasteiger charge is -2.30. The van der Waals surface area contributed by atoms with Crippen LogP contribution in [0, 0.1) is 17.2 Å². The number of hydrogen-bond donors (Lipinski definition) is 2. The molecule has 0 radical (unpaired) electrons. The molecule has 9 heteroatoms. The highest BCUT2D eigenvalue weighted by atomic mass is 79.9. The van der Waals surface area contributed by atoms with Crippen LogP contribution in [0.4, 0.5) is 11.4 Å². The average Bonchev–Trinajstić information content (AvgIpc) is 2.89. The third-order valence-corrected chi connectivity index (χ3v) is 7.10. The van der Waals surface area contributed by atoms with E-state index >= 15 is 0 Å². The molecule has 7 nitrogen and oxygen atoms in total. The molecule has 0 aliphatic carbocycles. The number of anilines is 2. The number of benzene rings is 2. The predicted molar refractivity (Wildman–Crippen MR) is 147 cm³/mol. The number of para-hydroxylation sites is 1. The van der Waals surface area contributed by atoms with Gasteiger partial charge in [-0.2, -0.15) is 5.26 Å². The fourth-order valence-electron chi connectivity index (χ4n) is 3.93. The van der Waals surface area contributed by atoms with Gasteiger partial charge in [0.2, 0.25) is 11.8 Å². The van der Waals surface area contributed by atoms with E-state index in [2.05, 4.69) is 42.6 Å². The maximum absolute atomic E-state index is 13.4. The van der Waals surface area contributed by atoms with E-state index in [1.807, 2.05) is 30.3 Å². The van der Waals surface area contributed by atoms with Gasteiger partial charge in [0, 0.05) is 39.9 Å². The van der Waals surface area contributed by atoms with Gasteiger partial charge in [-0.25, -0.2) is 4.99 Å². The first kappa shape index (κ1) is 25.4. The summed E-state index contributed by atoms with van der Waals surface area (Å²) in [5, 5.41) is 16.4. The van der Waals surface area contributed by atoms with Gasteiger partial charge in [-0.05, 0) is 61.0 Å². The van der Waals surface area contributed by atoms with E-state index in [-0.39, 0.29) is 17.6 Å². The zero-order chi connectivity index (χ0) is 25.5. The fourth-order valence-corrected chi connectivity index (χ4v) is 5.08. The summed E-state index contributed by atoms with van der Waals surface area (Å²) in [4.78, 5) is 34.7. The maximum Gasteiger partial charge on any atom is 0.234 e. The predicted octanol–water partition coefficient (Wildman–Crippen LogP) is 5.76. The SMILES string of the molecule is CC1=NC(SCC(=O)Nc2ccc(Br)cc2)=C(C#N)[C@@H](c2ccncc2)C1C(=O)Nc1ccccc1. The molecule has 0 bridgehead atoms. The fraction of sp³-hybridized carbons (Fsp3) is 0.148. The highest BCUT2D eigenvalue weighted by Crippen LogP contribution is 2.42. The van der Waals surface area contributed by atoms with Crippen molar-refractivity contribution in [1.82, 2.24) is 4.98 Å². The number of aliphatic imine (C=N–C) groups is 1. The van der Waals surface area contributed by atoms with Crippen molar-refractivity contribution in [3.05, 3.63) is 99.8 Å². The molecule has 180 valence electrons. The van der Waals surface area contributed by atoms with E-state index in [1.54, 1.807) is 55.7 Å². The summed E-state index contributed by atoms with van der Waals surface area (Å²) >= 11 is 4.55. The van der Waals surface area contributed by atoms with Gasteiger partial charge in [0.1, 0.15) is 5.03 Å². The zero-order valence-corrected chi connectivity index (χ0v) is 21.7. The Morgan fingerprint density at radius 1 is 1.00 bits per heavy atom. The summed E-state index contributed by atoms with van der Waals surface area (Å²) in [5.74, 6) is -1.66. The minimum atomic E-state index is -0.691. The van der Waals surface area contributed by atoms with Crippen molar-refractivity contribution in [2.75, 3.05) is 16.4 Å². The van der Waals surface area contributed by atoms with Crippen molar-refractivity contribution < 1.29 is 9.59 Å². The molecule has 36 heavy (non-hydrogen) atoms. The van der Waals surface area contributed by atoms with E-state index in [9.17, 15) is 14.9 Å². The van der Waals surface area contributed by atoms with Crippen molar-refractivity contribution in [2.45, 2.75) is 12.8 Å². The molecule has 4 rings (SSSR count). The summed E-state index contributed by atoms with van der Waals surface area (Å²) in [5.41, 5.74) is 3.04. The van der Waals surface area contributed by atoms with Crippen LogP contribution in [0.3, 0.4) is 0 Å². The number of halogens is 1. The first-order valence-corrected chi connectivity index (χ1v) is 12.9. The van der Waals surface area contributed by atoms with Crippen LogP contribution in [0.25, 0.3) is 0 Å². The number of carbonyl (C=O) groups is 2. The van der Waals surface area contributed by atoms with Gasteiger partial charge in [-0.15, -0.1) is 0 Å². The van der Waals surface area contributed by atoms with Crippen LogP contribution in [-0.4, -0.2) is 28.3 Å². The molecule has 1 aromatic heterocycles. The van der Waals surface area contributed by atoms with Crippen LogP contribution >= 0.6 is 27.7 Å². The summed E-state index contributed by atoms with van der Waals surface area (Å²) in [6, 6.07) is 22.3. The quantitative estimate of drug-likeness (QED) is 0.382. The normalized spacial score (nSPS) is 17.1. The van der Waals surface area contributed by atoms with Crippen molar-refractivity contribution in [1.29, 1.82) is 5.26 Å². The Morgan fingerprint density at radius 3 is 2.33 bits per heavy atom. The van der Waals surface area contributed by atoms with Gasteiger partial charge < -0.3 is 10.6 Å². The second kappa shape index (κ2) is 11.8. The number of nitrogens with one attached hydrogen (secondary N) is 2. The van der Waals surface area contributed by atoms with E-state index in [0.717, 1.165) is 10.0 Å². The number of pyridine rings is 1. The number of amides is 2. The van der Waals surface area contributed by atoms with Crippen molar-refractivity contribution in [3.63, 3.8) is 0 Å². The zero-order valence-electron chi connectivity index (χ0n) is 19.3. The van der Waals surface area contributed by atoms with Crippen molar-refractivity contribution >= 4 is 56.6 Å². The van der Waals surface area contributed by atoms with E-state index in [1.165, 1.54) is 11.8 Å².